The summed E-state index contributed by atoms with van der Waals surface area (Å²) in [6.45, 7) is 2.90. The lowest BCUT2D eigenvalue weighted by Crippen LogP contribution is -2.35. The molecule has 0 saturated heterocycles. The van der Waals surface area contributed by atoms with E-state index in [1.54, 1.807) is 37.4 Å². The summed E-state index contributed by atoms with van der Waals surface area (Å²) < 4.78 is 7.48. The van der Waals surface area contributed by atoms with Crippen molar-refractivity contribution < 1.29 is 9.53 Å². The summed E-state index contributed by atoms with van der Waals surface area (Å²) in [5.74, 6) is 0.445. The molecule has 6 heteroatoms. The van der Waals surface area contributed by atoms with Crippen LogP contribution in [0.25, 0.3) is 0 Å². The predicted molar refractivity (Wildman–Crippen MR) is 101 cm³/mol. The van der Waals surface area contributed by atoms with Crippen LogP contribution in [0.1, 0.15) is 18.1 Å². The molecule has 0 aliphatic heterocycles. The van der Waals surface area contributed by atoms with Crippen molar-refractivity contribution in [3.05, 3.63) is 83.1 Å². The highest BCUT2D eigenvalue weighted by atomic mass is 35.5. The predicted octanol–water partition coefficient (Wildman–Crippen LogP) is 3.67. The lowest BCUT2D eigenvalue weighted by atomic mass is 10.1. The van der Waals surface area contributed by atoms with E-state index in [9.17, 15) is 4.79 Å². The molecule has 1 aromatic heterocycles. The van der Waals surface area contributed by atoms with Crippen LogP contribution in [0.5, 0.6) is 5.75 Å². The van der Waals surface area contributed by atoms with E-state index in [2.05, 4.69) is 10.4 Å². The third-order valence-electron chi connectivity index (χ3n) is 3.89. The maximum atomic E-state index is 12.2. The number of rotatable bonds is 7. The summed E-state index contributed by atoms with van der Waals surface area (Å²) in [6.07, 6.45) is 3.10. The third kappa shape index (κ3) is 5.10. The number of amides is 1. The summed E-state index contributed by atoms with van der Waals surface area (Å²) in [6, 6.07) is 16.9. The van der Waals surface area contributed by atoms with Gasteiger partial charge in [-0.15, -0.1) is 0 Å². The molecule has 0 unspecified atom stereocenters. The number of nitrogens with zero attached hydrogens (tertiary/aromatic N) is 2. The number of benzene rings is 2. The van der Waals surface area contributed by atoms with Crippen LogP contribution in [0.4, 0.5) is 0 Å². The maximum absolute atomic E-state index is 12.2. The lowest BCUT2D eigenvalue weighted by Gasteiger charge is -2.15. The zero-order valence-electron chi connectivity index (χ0n) is 14.4. The topological polar surface area (TPSA) is 56.1 Å². The highest BCUT2D eigenvalue weighted by Crippen LogP contribution is 2.16. The fourth-order valence-electron chi connectivity index (χ4n) is 2.45. The van der Waals surface area contributed by atoms with Gasteiger partial charge in [-0.3, -0.25) is 9.48 Å². The van der Waals surface area contributed by atoms with Gasteiger partial charge >= 0.3 is 0 Å². The average Bonchev–Trinajstić information content (AvgIpc) is 3.16. The van der Waals surface area contributed by atoms with Gasteiger partial charge in [-0.05, 0) is 48.4 Å². The van der Waals surface area contributed by atoms with Gasteiger partial charge in [-0.1, -0.05) is 35.9 Å². The van der Waals surface area contributed by atoms with Crippen LogP contribution in [-0.4, -0.2) is 21.8 Å². The Morgan fingerprint density at radius 2 is 1.85 bits per heavy atom. The van der Waals surface area contributed by atoms with E-state index in [0.717, 1.165) is 17.7 Å². The zero-order valence-corrected chi connectivity index (χ0v) is 15.2. The fraction of sp³-hybridized carbons (Fsp3) is 0.200. The van der Waals surface area contributed by atoms with Crippen molar-refractivity contribution in [1.29, 1.82) is 0 Å². The second-order valence-corrected chi connectivity index (χ2v) is 6.39. The van der Waals surface area contributed by atoms with Crippen LogP contribution in [-0.2, 0) is 17.9 Å². The first-order valence-electron chi connectivity index (χ1n) is 8.35. The number of aromatic nitrogens is 2. The first-order chi connectivity index (χ1) is 12.6. The van der Waals surface area contributed by atoms with E-state index < -0.39 is 6.10 Å². The van der Waals surface area contributed by atoms with Gasteiger partial charge in [0, 0.05) is 24.0 Å². The van der Waals surface area contributed by atoms with E-state index in [-0.39, 0.29) is 5.91 Å². The van der Waals surface area contributed by atoms with Crippen molar-refractivity contribution >= 4 is 17.5 Å². The number of carbonyl (C=O) groups excluding carboxylic acids is 1. The normalized spacial score (nSPS) is 11.8. The Bertz CT molecular complexity index is 831. The summed E-state index contributed by atoms with van der Waals surface area (Å²) in [4.78, 5) is 12.2. The third-order valence-corrected chi connectivity index (χ3v) is 4.14. The van der Waals surface area contributed by atoms with Crippen molar-refractivity contribution in [3.63, 3.8) is 0 Å². The molecule has 134 valence electrons. The number of hydrogen-bond acceptors (Lipinski definition) is 3. The molecule has 3 rings (SSSR count). The minimum Gasteiger partial charge on any atom is -0.481 e. The Morgan fingerprint density at radius 1 is 1.15 bits per heavy atom. The highest BCUT2D eigenvalue weighted by molar-refractivity contribution is 6.30. The van der Waals surface area contributed by atoms with E-state index in [0.29, 0.717) is 17.3 Å². The highest BCUT2D eigenvalue weighted by Gasteiger charge is 2.14. The maximum Gasteiger partial charge on any atom is 0.261 e. The average molecular weight is 370 g/mol. The summed E-state index contributed by atoms with van der Waals surface area (Å²) in [7, 11) is 0. The quantitative estimate of drug-likeness (QED) is 0.691. The van der Waals surface area contributed by atoms with Crippen LogP contribution in [0.3, 0.4) is 0 Å². The Kier molecular flexibility index (Phi) is 5.92. The van der Waals surface area contributed by atoms with Crippen LogP contribution in [0.15, 0.2) is 67.0 Å². The SMILES string of the molecule is C[C@H](Oc1ccc(Cl)cc1)C(=O)NCc1ccc(Cn2cccn2)cc1. The second-order valence-electron chi connectivity index (χ2n) is 5.95. The number of hydrogen-bond donors (Lipinski definition) is 1. The molecule has 0 fully saturated rings. The van der Waals surface area contributed by atoms with Crippen molar-refractivity contribution in [1.82, 2.24) is 15.1 Å². The molecule has 3 aromatic rings. The summed E-state index contributed by atoms with van der Waals surface area (Å²) in [5.41, 5.74) is 2.18. The molecule has 1 atom stereocenters. The van der Waals surface area contributed by atoms with E-state index in [1.165, 1.54) is 0 Å². The number of ether oxygens (including phenoxy) is 1. The van der Waals surface area contributed by atoms with Gasteiger partial charge < -0.3 is 10.1 Å². The molecular formula is C20H20ClN3O2. The van der Waals surface area contributed by atoms with Gasteiger partial charge in [0.1, 0.15) is 5.75 Å². The van der Waals surface area contributed by atoms with Gasteiger partial charge in [0.15, 0.2) is 6.10 Å². The molecule has 2 aromatic carbocycles. The van der Waals surface area contributed by atoms with E-state index >= 15 is 0 Å². The summed E-state index contributed by atoms with van der Waals surface area (Å²) in [5, 5.41) is 7.71. The molecule has 0 saturated carbocycles. The molecule has 0 aliphatic rings. The molecule has 1 amide bonds. The Balaban J connectivity index is 1.48. The monoisotopic (exact) mass is 369 g/mol. The van der Waals surface area contributed by atoms with Crippen LogP contribution >= 0.6 is 11.6 Å². The van der Waals surface area contributed by atoms with Crippen LogP contribution < -0.4 is 10.1 Å². The van der Waals surface area contributed by atoms with Crippen molar-refractivity contribution in [3.8, 4) is 5.75 Å². The molecule has 0 bridgehead atoms. The number of nitrogens with one attached hydrogen (secondary N) is 1. The van der Waals surface area contributed by atoms with Crippen molar-refractivity contribution in [2.24, 2.45) is 0 Å². The molecule has 1 N–H and O–H groups in total. The van der Waals surface area contributed by atoms with Gasteiger partial charge in [0.25, 0.3) is 5.91 Å². The molecule has 0 aliphatic carbocycles. The first kappa shape index (κ1) is 18.0. The lowest BCUT2D eigenvalue weighted by molar-refractivity contribution is -0.127. The van der Waals surface area contributed by atoms with Gasteiger partial charge in [-0.2, -0.15) is 5.10 Å². The van der Waals surface area contributed by atoms with Crippen LogP contribution in [0.2, 0.25) is 5.02 Å². The standard InChI is InChI=1S/C20H20ClN3O2/c1-15(26-19-9-7-18(21)8-10-19)20(25)22-13-16-3-5-17(6-4-16)14-24-12-2-11-23-24/h2-12,15H,13-14H2,1H3,(H,22,25)/t15-/m0/s1. The molecule has 5 nitrogen and oxygen atoms in total. The van der Waals surface area contributed by atoms with Gasteiger partial charge in [0.2, 0.25) is 0 Å². The summed E-state index contributed by atoms with van der Waals surface area (Å²) >= 11 is 5.84. The second kappa shape index (κ2) is 8.54. The largest absolute Gasteiger partial charge is 0.481 e. The fourth-order valence-corrected chi connectivity index (χ4v) is 2.57. The smallest absolute Gasteiger partial charge is 0.261 e. The zero-order chi connectivity index (χ0) is 18.4. The van der Waals surface area contributed by atoms with E-state index in [4.69, 9.17) is 16.3 Å². The van der Waals surface area contributed by atoms with Crippen molar-refractivity contribution in [2.45, 2.75) is 26.1 Å². The molecule has 1 heterocycles. The van der Waals surface area contributed by atoms with Gasteiger partial charge in [-0.25, -0.2) is 0 Å². The Labute approximate surface area is 157 Å². The molecule has 26 heavy (non-hydrogen) atoms. The van der Waals surface area contributed by atoms with E-state index in [1.807, 2.05) is 41.2 Å². The van der Waals surface area contributed by atoms with Crippen molar-refractivity contribution in [2.75, 3.05) is 0 Å². The Morgan fingerprint density at radius 3 is 2.50 bits per heavy atom. The minimum atomic E-state index is -0.588. The number of halogens is 1. The molecular weight excluding hydrogens is 350 g/mol. The Hall–Kier alpha value is -2.79. The molecule has 0 spiro atoms. The molecule has 0 radical (unpaired) electrons. The van der Waals surface area contributed by atoms with Gasteiger partial charge in [0.05, 0.1) is 6.54 Å². The minimum absolute atomic E-state index is 0.166. The first-order valence-corrected chi connectivity index (χ1v) is 8.73. The van der Waals surface area contributed by atoms with Crippen LogP contribution in [0, 0.1) is 0 Å². The number of carbonyl (C=O) groups is 1.